The molecular weight excluding hydrogens is 988 g/mol. The van der Waals surface area contributed by atoms with E-state index in [2.05, 4.69) is 288 Å². The summed E-state index contributed by atoms with van der Waals surface area (Å²) in [5.41, 5.74) is 32.8. The zero-order chi connectivity index (χ0) is 58.5. The molecule has 0 bridgehead atoms. The molecule has 0 fully saturated rings. The van der Waals surface area contributed by atoms with Crippen molar-refractivity contribution >= 4 is 55.8 Å². The smallest absolute Gasteiger partial charge is 0.252 e. The third kappa shape index (κ3) is 7.19. The van der Waals surface area contributed by atoms with Crippen molar-refractivity contribution < 1.29 is 0 Å². The minimum atomic E-state index is -0.637. The van der Waals surface area contributed by atoms with Gasteiger partial charge in [-0.25, -0.2) is 0 Å². The van der Waals surface area contributed by atoms with E-state index in [1.165, 1.54) is 155 Å². The minimum Gasteiger partial charge on any atom is -0.310 e. The highest BCUT2D eigenvalue weighted by molar-refractivity contribution is 7.00. The number of nitrogens with zero attached hydrogens (tertiary/aromatic N) is 2. The molecule has 14 rings (SSSR count). The fraction of sp³-hybridized carbons (Fsp3) is 0.367. The summed E-state index contributed by atoms with van der Waals surface area (Å²) in [6.07, 6.45) is 0. The van der Waals surface area contributed by atoms with E-state index in [1.54, 1.807) is 0 Å². The summed E-state index contributed by atoms with van der Waals surface area (Å²) in [5.74, 6) is 0. The summed E-state index contributed by atoms with van der Waals surface area (Å²) in [6, 6.07) is 55.4. The first-order valence-electron chi connectivity index (χ1n) is 30.7. The molecule has 0 unspecified atom stereocenters. The fourth-order valence-corrected chi connectivity index (χ4v) is 15.2. The molecule has 3 aliphatic heterocycles. The number of rotatable bonds is 2. The molecule has 0 saturated heterocycles. The van der Waals surface area contributed by atoms with E-state index in [4.69, 9.17) is 0 Å². The average molecular weight is 1070 g/mol. The van der Waals surface area contributed by atoms with E-state index in [9.17, 15) is 0 Å². The quantitative estimate of drug-likeness (QED) is 0.153. The second-order valence-electron chi connectivity index (χ2n) is 32.7. The second kappa shape index (κ2) is 16.3. The lowest BCUT2D eigenvalue weighted by Crippen LogP contribution is -2.61. The zero-order valence-corrected chi connectivity index (χ0v) is 53.2. The van der Waals surface area contributed by atoms with E-state index in [1.807, 2.05) is 0 Å². The van der Waals surface area contributed by atoms with Gasteiger partial charge in [-0.2, -0.15) is 0 Å². The molecule has 414 valence electrons. The Morgan fingerprint density at radius 3 is 1.17 bits per heavy atom. The predicted octanol–water partition coefficient (Wildman–Crippen LogP) is 19.0. The number of fused-ring (bicyclic) bond motifs is 11. The second-order valence-corrected chi connectivity index (χ2v) is 32.7. The van der Waals surface area contributed by atoms with Crippen LogP contribution in [0.4, 0.5) is 0 Å². The molecule has 0 atom stereocenters. The topological polar surface area (TPSA) is 9.86 Å². The van der Waals surface area contributed by atoms with Crippen molar-refractivity contribution in [3.05, 3.63) is 195 Å². The summed E-state index contributed by atoms with van der Waals surface area (Å²) >= 11 is 0. The maximum Gasteiger partial charge on any atom is 0.252 e. The van der Waals surface area contributed by atoms with Crippen molar-refractivity contribution in [2.24, 2.45) is 0 Å². The Morgan fingerprint density at radius 1 is 0.317 bits per heavy atom. The van der Waals surface area contributed by atoms with Gasteiger partial charge in [0.15, 0.2) is 0 Å². The molecule has 0 radical (unpaired) electrons. The van der Waals surface area contributed by atoms with E-state index in [0.29, 0.717) is 0 Å². The van der Waals surface area contributed by atoms with Crippen LogP contribution in [0.5, 0.6) is 0 Å². The highest BCUT2D eigenvalue weighted by Gasteiger charge is 2.55. The standard InChI is InChI=1S/C79H85BN2/c1-72(2,3)46-26-22-44(23-27-46)65-57-38-52(78(19,20)21)43-63-70(57)81(67(65)45-24-28-47(29-25-45)73(4,5)6)64-35-34-58-71-66(64)80(63)62-42-51(77(16,17)18)37-56-55-36-50(76(13,14)15)41-61(68(55)82(71)69(56)62)79(58)59-39-48(74(7,8)9)30-32-53(59)54-33-31-49(40-60(54)79)75(10,11)12/h22-43H,1-21H3. The van der Waals surface area contributed by atoms with Crippen molar-refractivity contribution in [1.82, 2.24) is 9.13 Å². The molecule has 2 aromatic heterocycles. The van der Waals surface area contributed by atoms with Gasteiger partial charge >= 0.3 is 0 Å². The molecule has 0 amide bonds. The minimum absolute atomic E-state index is 0.0123. The molecule has 8 aromatic carbocycles. The Kier molecular flexibility index (Phi) is 10.6. The summed E-state index contributed by atoms with van der Waals surface area (Å²) < 4.78 is 5.59. The van der Waals surface area contributed by atoms with E-state index in [-0.39, 0.29) is 44.6 Å². The van der Waals surface area contributed by atoms with Gasteiger partial charge in [0.1, 0.15) is 0 Å². The van der Waals surface area contributed by atoms with Crippen molar-refractivity contribution in [1.29, 1.82) is 0 Å². The molecule has 3 heteroatoms. The lowest BCUT2D eigenvalue weighted by atomic mass is 9.33. The van der Waals surface area contributed by atoms with E-state index >= 15 is 0 Å². The van der Waals surface area contributed by atoms with E-state index < -0.39 is 5.41 Å². The Hall–Kier alpha value is -6.84. The van der Waals surface area contributed by atoms with Crippen LogP contribution in [0.2, 0.25) is 0 Å². The van der Waals surface area contributed by atoms with Crippen LogP contribution in [0.25, 0.3) is 77.6 Å². The molecule has 0 N–H and O–H groups in total. The molecule has 2 nitrogen and oxygen atoms in total. The zero-order valence-electron chi connectivity index (χ0n) is 53.2. The largest absolute Gasteiger partial charge is 0.310 e. The number of aromatic nitrogens is 2. The first-order valence-corrected chi connectivity index (χ1v) is 30.7. The van der Waals surface area contributed by atoms with Gasteiger partial charge in [-0.1, -0.05) is 255 Å². The number of benzene rings is 8. The SMILES string of the molecule is CC(C)(C)c1ccc(-c2c(-c3ccc(C(C)(C)C)cc3)n3c4c(cc(C(C)(C)C)cc24)B2c4c-3ccc3c4-n4c5c2cc(C(C)(C)C)cc5c2cc(C(C)(C)C)cc(c24)C32c3cc(C(C)(C)C)ccc3-c3ccc(C(C)(C)C)cc32)cc1. The maximum atomic E-state index is 2.83. The van der Waals surface area contributed by atoms with Crippen LogP contribution in [-0.4, -0.2) is 15.8 Å². The Bertz CT molecular complexity index is 4370. The summed E-state index contributed by atoms with van der Waals surface area (Å²) in [5, 5.41) is 4.07. The molecule has 1 spiro atoms. The molecule has 1 aliphatic carbocycles. The first-order chi connectivity index (χ1) is 38.1. The van der Waals surface area contributed by atoms with Gasteiger partial charge in [0.2, 0.25) is 0 Å². The lowest BCUT2D eigenvalue weighted by molar-refractivity contribution is 0.583. The third-order valence-corrected chi connectivity index (χ3v) is 20.0. The van der Waals surface area contributed by atoms with Crippen LogP contribution >= 0.6 is 0 Å². The molecule has 10 aromatic rings. The van der Waals surface area contributed by atoms with Crippen LogP contribution in [0.3, 0.4) is 0 Å². The molecular formula is C79H85BN2. The van der Waals surface area contributed by atoms with Crippen LogP contribution in [0, 0.1) is 0 Å². The number of hydrogen-bond acceptors (Lipinski definition) is 0. The van der Waals surface area contributed by atoms with Crippen molar-refractivity contribution in [3.8, 4) is 44.9 Å². The van der Waals surface area contributed by atoms with Crippen LogP contribution in [0.15, 0.2) is 133 Å². The molecule has 0 saturated carbocycles. The van der Waals surface area contributed by atoms with Gasteiger partial charge in [-0.3, -0.25) is 0 Å². The summed E-state index contributed by atoms with van der Waals surface area (Å²) in [6.45, 7) is 50.1. The van der Waals surface area contributed by atoms with Crippen molar-refractivity contribution in [2.75, 3.05) is 0 Å². The molecule has 5 heterocycles. The molecule has 4 aliphatic rings. The Balaban J connectivity index is 1.24. The van der Waals surface area contributed by atoms with Gasteiger partial charge in [-0.15, -0.1) is 0 Å². The average Bonchev–Trinajstić information content (AvgIpc) is 1.45. The fourth-order valence-electron chi connectivity index (χ4n) is 15.2. The van der Waals surface area contributed by atoms with Crippen LogP contribution in [0.1, 0.15) is 207 Å². The lowest BCUT2D eigenvalue weighted by Gasteiger charge is -2.45. The first kappa shape index (κ1) is 53.2. The van der Waals surface area contributed by atoms with Gasteiger partial charge in [0.25, 0.3) is 6.71 Å². The van der Waals surface area contributed by atoms with Crippen LogP contribution in [-0.2, 0) is 43.3 Å². The van der Waals surface area contributed by atoms with Crippen molar-refractivity contribution in [3.63, 3.8) is 0 Å². The van der Waals surface area contributed by atoms with Gasteiger partial charge in [0.05, 0.1) is 16.6 Å². The Morgan fingerprint density at radius 2 is 0.707 bits per heavy atom. The Labute approximate surface area is 490 Å². The van der Waals surface area contributed by atoms with Gasteiger partial charge < -0.3 is 9.13 Å². The third-order valence-electron chi connectivity index (χ3n) is 20.0. The summed E-state index contributed by atoms with van der Waals surface area (Å²) in [4.78, 5) is 0. The predicted molar refractivity (Wildman–Crippen MR) is 355 cm³/mol. The highest BCUT2D eigenvalue weighted by atomic mass is 15.1. The molecule has 82 heavy (non-hydrogen) atoms. The van der Waals surface area contributed by atoms with Crippen molar-refractivity contribution in [2.45, 2.75) is 189 Å². The van der Waals surface area contributed by atoms with E-state index in [0.717, 1.165) is 0 Å². The van der Waals surface area contributed by atoms with Gasteiger partial charge in [-0.05, 0) is 162 Å². The van der Waals surface area contributed by atoms with Gasteiger partial charge in [0, 0.05) is 44.1 Å². The highest BCUT2D eigenvalue weighted by Crippen LogP contribution is 2.63. The van der Waals surface area contributed by atoms with Crippen LogP contribution < -0.4 is 16.4 Å². The number of hydrogen-bond donors (Lipinski definition) is 0. The monoisotopic (exact) mass is 1070 g/mol. The normalized spacial score (nSPS) is 15.2. The maximum absolute atomic E-state index is 2.83. The summed E-state index contributed by atoms with van der Waals surface area (Å²) in [7, 11) is 0.